The van der Waals surface area contributed by atoms with Gasteiger partial charge in [0.1, 0.15) is 11.5 Å². The van der Waals surface area contributed by atoms with Gasteiger partial charge >= 0.3 is 7.12 Å². The van der Waals surface area contributed by atoms with Gasteiger partial charge in [0.2, 0.25) is 0 Å². The SMILES string of the molecule is OB(O)C1C=CC=C2Oc3ccc(Cl)cc3C21. The highest BCUT2D eigenvalue weighted by Crippen LogP contribution is 2.50. The zero-order chi connectivity index (χ0) is 12.0. The molecule has 0 saturated heterocycles. The summed E-state index contributed by atoms with van der Waals surface area (Å²) in [7, 11) is -1.41. The Hall–Kier alpha value is -1.23. The van der Waals surface area contributed by atoms with Crippen molar-refractivity contribution in [2.75, 3.05) is 0 Å². The molecule has 1 aliphatic heterocycles. The molecular formula is C12H10BClO3. The zero-order valence-electron chi connectivity index (χ0n) is 8.88. The standard InChI is InChI=1S/C12H10BClO3/c14-7-4-5-10-8(6-7)12-9(13(15)16)2-1-3-11(12)17-10/h1-6,9,12,15-16H. The van der Waals surface area contributed by atoms with Crippen molar-refractivity contribution < 1.29 is 14.8 Å². The number of hydrogen-bond donors (Lipinski definition) is 2. The summed E-state index contributed by atoms with van der Waals surface area (Å²) in [5.41, 5.74) is 0.909. The van der Waals surface area contributed by atoms with Gasteiger partial charge < -0.3 is 14.8 Å². The van der Waals surface area contributed by atoms with Crippen LogP contribution in [-0.4, -0.2) is 17.2 Å². The normalized spacial score (nSPS) is 24.8. The first kappa shape index (κ1) is 10.9. The third-order valence-corrected chi connectivity index (χ3v) is 3.40. The van der Waals surface area contributed by atoms with Crippen molar-refractivity contribution in [3.63, 3.8) is 0 Å². The molecule has 86 valence electrons. The van der Waals surface area contributed by atoms with Crippen LogP contribution in [0.5, 0.6) is 5.75 Å². The van der Waals surface area contributed by atoms with E-state index in [2.05, 4.69) is 0 Å². The Bertz CT molecular complexity index is 524. The number of benzene rings is 1. The maximum atomic E-state index is 9.41. The highest BCUT2D eigenvalue weighted by molar-refractivity contribution is 6.44. The van der Waals surface area contributed by atoms with Gasteiger partial charge in [0, 0.05) is 16.4 Å². The summed E-state index contributed by atoms with van der Waals surface area (Å²) >= 11 is 5.96. The van der Waals surface area contributed by atoms with Crippen molar-refractivity contribution in [2.45, 2.75) is 11.7 Å². The minimum atomic E-state index is -1.41. The molecule has 1 aromatic rings. The molecular weight excluding hydrogens is 238 g/mol. The van der Waals surface area contributed by atoms with E-state index in [1.165, 1.54) is 0 Å². The number of fused-ring (bicyclic) bond motifs is 3. The van der Waals surface area contributed by atoms with Crippen LogP contribution in [0.3, 0.4) is 0 Å². The second-order valence-electron chi connectivity index (χ2n) is 4.21. The van der Waals surface area contributed by atoms with Crippen molar-refractivity contribution in [1.82, 2.24) is 0 Å². The number of ether oxygens (including phenoxy) is 1. The average molecular weight is 248 g/mol. The molecule has 5 heteroatoms. The van der Waals surface area contributed by atoms with Crippen molar-refractivity contribution in [2.24, 2.45) is 0 Å². The summed E-state index contributed by atoms with van der Waals surface area (Å²) in [4.78, 5) is 0. The van der Waals surface area contributed by atoms with Crippen molar-refractivity contribution in [3.05, 3.63) is 52.8 Å². The molecule has 1 aromatic carbocycles. The molecule has 2 N–H and O–H groups in total. The van der Waals surface area contributed by atoms with Gasteiger partial charge in [-0.3, -0.25) is 0 Å². The van der Waals surface area contributed by atoms with Crippen LogP contribution >= 0.6 is 11.6 Å². The molecule has 0 aromatic heterocycles. The predicted octanol–water partition coefficient (Wildman–Crippen LogP) is 2.11. The Kier molecular flexibility index (Phi) is 2.51. The van der Waals surface area contributed by atoms with E-state index in [4.69, 9.17) is 16.3 Å². The van der Waals surface area contributed by atoms with Crippen LogP contribution in [0.1, 0.15) is 11.5 Å². The maximum absolute atomic E-state index is 9.41. The average Bonchev–Trinajstić information content (AvgIpc) is 2.66. The Morgan fingerprint density at radius 2 is 2.12 bits per heavy atom. The summed E-state index contributed by atoms with van der Waals surface area (Å²) in [5, 5.41) is 19.4. The maximum Gasteiger partial charge on any atom is 0.459 e. The minimum absolute atomic E-state index is 0.159. The highest BCUT2D eigenvalue weighted by Gasteiger charge is 2.41. The van der Waals surface area contributed by atoms with Crippen LogP contribution in [0, 0.1) is 0 Å². The van der Waals surface area contributed by atoms with Gasteiger partial charge in [0.05, 0.1) is 5.92 Å². The molecule has 0 spiro atoms. The smallest absolute Gasteiger partial charge is 0.459 e. The fraction of sp³-hybridized carbons (Fsp3) is 0.167. The molecule has 2 atom stereocenters. The molecule has 1 heterocycles. The summed E-state index contributed by atoms with van der Waals surface area (Å²) in [6, 6.07) is 5.38. The summed E-state index contributed by atoms with van der Waals surface area (Å²) < 4.78 is 5.68. The molecule has 3 nitrogen and oxygen atoms in total. The fourth-order valence-electron chi connectivity index (χ4n) is 2.40. The van der Waals surface area contributed by atoms with Crippen molar-refractivity contribution >= 4 is 18.7 Å². The zero-order valence-corrected chi connectivity index (χ0v) is 9.63. The van der Waals surface area contributed by atoms with Crippen LogP contribution in [0.15, 0.2) is 42.2 Å². The van der Waals surface area contributed by atoms with Crippen LogP contribution < -0.4 is 4.74 Å². The van der Waals surface area contributed by atoms with E-state index in [0.29, 0.717) is 5.02 Å². The summed E-state index contributed by atoms with van der Waals surface area (Å²) in [6.45, 7) is 0. The van der Waals surface area contributed by atoms with E-state index in [-0.39, 0.29) is 5.92 Å². The monoisotopic (exact) mass is 248 g/mol. The second kappa shape index (κ2) is 3.91. The molecule has 2 unspecified atom stereocenters. The van der Waals surface area contributed by atoms with Crippen LogP contribution in [0.4, 0.5) is 0 Å². The van der Waals surface area contributed by atoms with E-state index in [1.54, 1.807) is 24.3 Å². The molecule has 3 rings (SSSR count). The summed E-state index contributed by atoms with van der Waals surface area (Å²) in [6.07, 6.45) is 5.40. The Balaban J connectivity index is 2.10. The van der Waals surface area contributed by atoms with E-state index >= 15 is 0 Å². The van der Waals surface area contributed by atoms with Gasteiger partial charge in [-0.25, -0.2) is 0 Å². The Labute approximate surface area is 104 Å². The molecule has 1 aliphatic carbocycles. The lowest BCUT2D eigenvalue weighted by Gasteiger charge is -2.22. The number of halogens is 1. The molecule has 0 saturated carbocycles. The van der Waals surface area contributed by atoms with Crippen molar-refractivity contribution in [1.29, 1.82) is 0 Å². The predicted molar refractivity (Wildman–Crippen MR) is 66.0 cm³/mol. The Morgan fingerprint density at radius 3 is 2.88 bits per heavy atom. The molecule has 0 amide bonds. The first-order valence-corrected chi connectivity index (χ1v) is 5.76. The van der Waals surface area contributed by atoms with Crippen LogP contribution in [-0.2, 0) is 0 Å². The van der Waals surface area contributed by atoms with Gasteiger partial charge in [-0.15, -0.1) is 0 Å². The lowest BCUT2D eigenvalue weighted by Crippen LogP contribution is -2.25. The quantitative estimate of drug-likeness (QED) is 0.749. The van der Waals surface area contributed by atoms with Gasteiger partial charge in [0.15, 0.2) is 0 Å². The van der Waals surface area contributed by atoms with Gasteiger partial charge in [0.25, 0.3) is 0 Å². The topological polar surface area (TPSA) is 49.7 Å². The highest BCUT2D eigenvalue weighted by atomic mass is 35.5. The van der Waals surface area contributed by atoms with Crippen molar-refractivity contribution in [3.8, 4) is 5.75 Å². The van der Waals surface area contributed by atoms with E-state index in [9.17, 15) is 10.0 Å². The molecule has 2 aliphatic rings. The minimum Gasteiger partial charge on any atom is -0.461 e. The second-order valence-corrected chi connectivity index (χ2v) is 4.64. The fourth-order valence-corrected chi connectivity index (χ4v) is 2.58. The first-order chi connectivity index (χ1) is 8.16. The number of allylic oxidation sites excluding steroid dienone is 4. The summed E-state index contributed by atoms with van der Waals surface area (Å²) in [5.74, 6) is 0.922. The van der Waals surface area contributed by atoms with Gasteiger partial charge in [-0.1, -0.05) is 23.8 Å². The van der Waals surface area contributed by atoms with Crippen LogP contribution in [0.2, 0.25) is 10.8 Å². The third kappa shape index (κ3) is 1.69. The Morgan fingerprint density at radius 1 is 1.29 bits per heavy atom. The van der Waals surface area contributed by atoms with E-state index < -0.39 is 12.9 Å². The van der Waals surface area contributed by atoms with Gasteiger partial charge in [-0.05, 0) is 24.3 Å². The van der Waals surface area contributed by atoms with Crippen LogP contribution in [0.25, 0.3) is 0 Å². The molecule has 0 bridgehead atoms. The largest absolute Gasteiger partial charge is 0.461 e. The number of rotatable bonds is 1. The molecule has 17 heavy (non-hydrogen) atoms. The lowest BCUT2D eigenvalue weighted by atomic mass is 9.62. The number of hydrogen-bond acceptors (Lipinski definition) is 3. The van der Waals surface area contributed by atoms with E-state index in [1.807, 2.05) is 12.1 Å². The van der Waals surface area contributed by atoms with E-state index in [0.717, 1.165) is 17.1 Å². The first-order valence-electron chi connectivity index (χ1n) is 5.38. The van der Waals surface area contributed by atoms with Gasteiger partial charge in [-0.2, -0.15) is 0 Å². The third-order valence-electron chi connectivity index (χ3n) is 3.16. The molecule has 0 fully saturated rings. The molecule has 0 radical (unpaired) electrons. The lowest BCUT2D eigenvalue weighted by molar-refractivity contribution is 0.371.